The highest BCUT2D eigenvalue weighted by molar-refractivity contribution is 5.78. The third-order valence-electron chi connectivity index (χ3n) is 2.20. The number of amides is 1. The van der Waals surface area contributed by atoms with Crippen molar-refractivity contribution >= 4 is 5.91 Å². The molecule has 96 valence electrons. The maximum atomic E-state index is 11.4. The number of nitrogens with one attached hydrogen (secondary N) is 2. The van der Waals surface area contributed by atoms with Crippen molar-refractivity contribution in [2.24, 2.45) is 0 Å². The molecule has 1 aromatic rings. The summed E-state index contributed by atoms with van der Waals surface area (Å²) in [6, 6.07) is -0.278. The summed E-state index contributed by atoms with van der Waals surface area (Å²) in [6.07, 6.45) is 0. The van der Waals surface area contributed by atoms with Crippen LogP contribution >= 0.6 is 0 Å². The monoisotopic (exact) mass is 240 g/mol. The first-order valence-corrected chi connectivity index (χ1v) is 5.62. The SMILES string of the molecule is CNCC(=O)NC(C)c1nc(C(C)(C)C)no1. The summed E-state index contributed by atoms with van der Waals surface area (Å²) in [5.74, 6) is 0.970. The Bertz CT molecular complexity index is 381. The molecule has 0 fully saturated rings. The third-order valence-corrected chi connectivity index (χ3v) is 2.20. The largest absolute Gasteiger partial charge is 0.343 e. The smallest absolute Gasteiger partial charge is 0.248 e. The van der Waals surface area contributed by atoms with Crippen molar-refractivity contribution in [3.63, 3.8) is 0 Å². The van der Waals surface area contributed by atoms with Crippen molar-refractivity contribution < 1.29 is 9.32 Å². The number of rotatable bonds is 4. The van der Waals surface area contributed by atoms with Gasteiger partial charge in [-0.25, -0.2) is 0 Å². The lowest BCUT2D eigenvalue weighted by molar-refractivity contribution is -0.120. The van der Waals surface area contributed by atoms with E-state index < -0.39 is 0 Å². The predicted molar refractivity (Wildman–Crippen MR) is 63.5 cm³/mol. The van der Waals surface area contributed by atoms with Gasteiger partial charge in [0.2, 0.25) is 11.8 Å². The molecule has 1 heterocycles. The second kappa shape index (κ2) is 5.27. The van der Waals surface area contributed by atoms with E-state index in [1.165, 1.54) is 0 Å². The van der Waals surface area contributed by atoms with Crippen LogP contribution in [0.4, 0.5) is 0 Å². The Morgan fingerprint density at radius 2 is 2.12 bits per heavy atom. The van der Waals surface area contributed by atoms with Gasteiger partial charge >= 0.3 is 0 Å². The Kier molecular flexibility index (Phi) is 4.22. The number of aromatic nitrogens is 2. The lowest BCUT2D eigenvalue weighted by atomic mass is 9.96. The number of likely N-dealkylation sites (N-methyl/N-ethyl adjacent to an activating group) is 1. The average Bonchev–Trinajstić information content (AvgIpc) is 2.65. The van der Waals surface area contributed by atoms with Crippen LogP contribution in [0.15, 0.2) is 4.52 Å². The number of carbonyl (C=O) groups excluding carboxylic acids is 1. The van der Waals surface area contributed by atoms with Gasteiger partial charge in [0.1, 0.15) is 6.04 Å². The van der Waals surface area contributed by atoms with E-state index in [0.717, 1.165) is 0 Å². The molecule has 0 aromatic carbocycles. The van der Waals surface area contributed by atoms with E-state index in [1.807, 2.05) is 27.7 Å². The van der Waals surface area contributed by atoms with Gasteiger partial charge < -0.3 is 15.2 Å². The molecule has 1 aromatic heterocycles. The summed E-state index contributed by atoms with van der Waals surface area (Å²) >= 11 is 0. The van der Waals surface area contributed by atoms with Gasteiger partial charge in [-0.2, -0.15) is 4.98 Å². The van der Waals surface area contributed by atoms with Gasteiger partial charge in [0.15, 0.2) is 5.82 Å². The fraction of sp³-hybridized carbons (Fsp3) is 0.727. The van der Waals surface area contributed by atoms with Crippen LogP contribution in [0.3, 0.4) is 0 Å². The van der Waals surface area contributed by atoms with E-state index in [9.17, 15) is 4.79 Å². The summed E-state index contributed by atoms with van der Waals surface area (Å²) in [6.45, 7) is 8.10. The Labute approximate surface area is 101 Å². The second-order valence-corrected chi connectivity index (χ2v) is 5.03. The van der Waals surface area contributed by atoms with E-state index in [2.05, 4.69) is 20.8 Å². The van der Waals surface area contributed by atoms with Gasteiger partial charge in [-0.1, -0.05) is 25.9 Å². The molecule has 0 saturated heterocycles. The van der Waals surface area contributed by atoms with E-state index in [1.54, 1.807) is 7.05 Å². The quantitative estimate of drug-likeness (QED) is 0.812. The lowest BCUT2D eigenvalue weighted by Crippen LogP contribution is -2.34. The molecule has 0 aliphatic rings. The minimum atomic E-state index is -0.278. The van der Waals surface area contributed by atoms with Gasteiger partial charge in [0, 0.05) is 5.41 Å². The molecule has 0 bridgehead atoms. The highest BCUT2D eigenvalue weighted by atomic mass is 16.5. The summed E-state index contributed by atoms with van der Waals surface area (Å²) < 4.78 is 5.14. The molecule has 0 aliphatic heterocycles. The fourth-order valence-corrected chi connectivity index (χ4v) is 1.23. The van der Waals surface area contributed by atoms with E-state index in [4.69, 9.17) is 4.52 Å². The van der Waals surface area contributed by atoms with Crippen molar-refractivity contribution in [3.05, 3.63) is 11.7 Å². The standard InChI is InChI=1S/C11H20N4O2/c1-7(13-8(16)6-12-5)9-14-10(15-17-9)11(2,3)4/h7,12H,6H2,1-5H3,(H,13,16). The molecule has 17 heavy (non-hydrogen) atoms. The van der Waals surface area contributed by atoms with Crippen molar-refractivity contribution in [2.75, 3.05) is 13.6 Å². The molecule has 0 radical (unpaired) electrons. The fourth-order valence-electron chi connectivity index (χ4n) is 1.23. The first-order chi connectivity index (χ1) is 7.84. The van der Waals surface area contributed by atoms with Crippen LogP contribution in [0.2, 0.25) is 0 Å². The van der Waals surface area contributed by atoms with Crippen molar-refractivity contribution in [3.8, 4) is 0 Å². The topological polar surface area (TPSA) is 80.0 Å². The Hall–Kier alpha value is -1.43. The summed E-state index contributed by atoms with van der Waals surface area (Å²) in [5.41, 5.74) is -0.156. The van der Waals surface area contributed by atoms with Crippen molar-refractivity contribution in [1.82, 2.24) is 20.8 Å². The first-order valence-electron chi connectivity index (χ1n) is 5.62. The number of carbonyl (C=O) groups is 1. The molecular weight excluding hydrogens is 220 g/mol. The molecular formula is C11H20N4O2. The first kappa shape index (κ1) is 13.6. The molecule has 1 rings (SSSR count). The zero-order valence-electron chi connectivity index (χ0n) is 11.0. The maximum Gasteiger partial charge on any atom is 0.248 e. The molecule has 1 atom stereocenters. The van der Waals surface area contributed by atoms with Crippen molar-refractivity contribution in [1.29, 1.82) is 0 Å². The Morgan fingerprint density at radius 1 is 1.47 bits per heavy atom. The Morgan fingerprint density at radius 3 is 2.59 bits per heavy atom. The molecule has 6 heteroatoms. The normalized spacial score (nSPS) is 13.5. The average molecular weight is 240 g/mol. The van der Waals surface area contributed by atoms with Crippen LogP contribution < -0.4 is 10.6 Å². The highest BCUT2D eigenvalue weighted by Gasteiger charge is 2.23. The molecule has 2 N–H and O–H groups in total. The zero-order chi connectivity index (χ0) is 13.1. The van der Waals surface area contributed by atoms with Gasteiger partial charge in [-0.3, -0.25) is 4.79 Å². The number of nitrogens with zero attached hydrogens (tertiary/aromatic N) is 2. The van der Waals surface area contributed by atoms with Crippen LogP contribution in [0.25, 0.3) is 0 Å². The van der Waals surface area contributed by atoms with E-state index in [-0.39, 0.29) is 23.9 Å². The van der Waals surface area contributed by atoms with Crippen LogP contribution in [-0.2, 0) is 10.2 Å². The molecule has 1 amide bonds. The molecule has 0 aliphatic carbocycles. The van der Waals surface area contributed by atoms with Crippen LogP contribution in [-0.4, -0.2) is 29.6 Å². The maximum absolute atomic E-state index is 11.4. The van der Waals surface area contributed by atoms with Gasteiger partial charge in [-0.15, -0.1) is 0 Å². The minimum Gasteiger partial charge on any atom is -0.343 e. The number of hydrogen-bond donors (Lipinski definition) is 2. The Balaban J connectivity index is 2.67. The van der Waals surface area contributed by atoms with E-state index in [0.29, 0.717) is 11.7 Å². The van der Waals surface area contributed by atoms with Gasteiger partial charge in [0.05, 0.1) is 6.54 Å². The molecule has 0 spiro atoms. The summed E-state index contributed by atoms with van der Waals surface area (Å²) in [7, 11) is 1.72. The molecule has 1 unspecified atom stereocenters. The predicted octanol–water partition coefficient (Wildman–Crippen LogP) is 0.764. The highest BCUT2D eigenvalue weighted by Crippen LogP contribution is 2.20. The van der Waals surface area contributed by atoms with Crippen LogP contribution in [0.5, 0.6) is 0 Å². The van der Waals surface area contributed by atoms with E-state index >= 15 is 0 Å². The summed E-state index contributed by atoms with van der Waals surface area (Å²) in [4.78, 5) is 15.6. The zero-order valence-corrected chi connectivity index (χ0v) is 11.0. The number of hydrogen-bond acceptors (Lipinski definition) is 5. The summed E-state index contributed by atoms with van der Waals surface area (Å²) in [5, 5.41) is 9.45. The second-order valence-electron chi connectivity index (χ2n) is 5.03. The van der Waals surface area contributed by atoms with Crippen LogP contribution in [0.1, 0.15) is 45.5 Å². The van der Waals surface area contributed by atoms with Gasteiger partial charge in [0.25, 0.3) is 0 Å². The van der Waals surface area contributed by atoms with Crippen LogP contribution in [0, 0.1) is 0 Å². The minimum absolute atomic E-state index is 0.101. The van der Waals surface area contributed by atoms with Crippen molar-refractivity contribution in [2.45, 2.75) is 39.2 Å². The molecule has 6 nitrogen and oxygen atoms in total. The third kappa shape index (κ3) is 3.81. The van der Waals surface area contributed by atoms with Gasteiger partial charge in [-0.05, 0) is 14.0 Å². The molecule has 0 saturated carbocycles. The lowest BCUT2D eigenvalue weighted by Gasteiger charge is -2.11.